The number of carbonyl (C=O) groups excluding carboxylic acids is 2. The number of fused-ring (bicyclic) bond motifs is 1. The van der Waals surface area contributed by atoms with E-state index < -0.39 is 0 Å². The Hall–Kier alpha value is -2.12. The second kappa shape index (κ2) is 8.49. The highest BCUT2D eigenvalue weighted by atomic mass is 16.6. The molecule has 3 heterocycles. The predicted molar refractivity (Wildman–Crippen MR) is 104 cm³/mol. The van der Waals surface area contributed by atoms with Crippen LogP contribution in [0.4, 0.5) is 0 Å². The summed E-state index contributed by atoms with van der Waals surface area (Å²) in [5.41, 5.74) is 7.04. The van der Waals surface area contributed by atoms with Gasteiger partial charge in [-0.25, -0.2) is 5.43 Å². The summed E-state index contributed by atoms with van der Waals surface area (Å²) >= 11 is 0. The number of nitrogens with zero attached hydrogens (tertiary/aromatic N) is 1. The van der Waals surface area contributed by atoms with Gasteiger partial charge in [0.15, 0.2) is 17.3 Å². The number of carbonyl (C=O) groups is 2. The summed E-state index contributed by atoms with van der Waals surface area (Å²) in [6, 6.07) is 5.63. The number of piperidine rings is 1. The number of rotatable bonds is 5. The molecule has 2 saturated heterocycles. The highest BCUT2D eigenvalue weighted by Gasteiger charge is 2.35. The SMILES string of the molecule is CCCC1CC(C(=O)N2CCC(C(=O)c3ccc4c(c3)OCCO4)CC2)NN1. The zero-order chi connectivity index (χ0) is 19.5. The number of nitrogens with one attached hydrogen (secondary N) is 2. The molecule has 0 spiro atoms. The Kier molecular flexibility index (Phi) is 5.82. The van der Waals surface area contributed by atoms with Crippen LogP contribution < -0.4 is 20.3 Å². The lowest BCUT2D eigenvalue weighted by molar-refractivity contribution is -0.134. The highest BCUT2D eigenvalue weighted by molar-refractivity contribution is 5.98. The van der Waals surface area contributed by atoms with Crippen LogP contribution in [-0.4, -0.2) is 55.0 Å². The molecule has 3 aliphatic heterocycles. The largest absolute Gasteiger partial charge is 0.486 e. The first-order valence-corrected chi connectivity index (χ1v) is 10.4. The molecule has 0 radical (unpaired) electrons. The van der Waals surface area contributed by atoms with Crippen molar-refractivity contribution < 1.29 is 19.1 Å². The van der Waals surface area contributed by atoms with Gasteiger partial charge in [0, 0.05) is 30.6 Å². The van der Waals surface area contributed by atoms with Crippen LogP contribution in [0.5, 0.6) is 11.5 Å². The minimum absolute atomic E-state index is 0.0471. The first-order valence-electron chi connectivity index (χ1n) is 10.4. The molecule has 28 heavy (non-hydrogen) atoms. The summed E-state index contributed by atoms with van der Waals surface area (Å²) in [4.78, 5) is 27.6. The van der Waals surface area contributed by atoms with Crippen molar-refractivity contribution in [3.8, 4) is 11.5 Å². The quantitative estimate of drug-likeness (QED) is 0.752. The van der Waals surface area contributed by atoms with Crippen molar-refractivity contribution in [2.75, 3.05) is 26.3 Å². The van der Waals surface area contributed by atoms with Crippen molar-refractivity contribution in [2.24, 2.45) is 5.92 Å². The molecule has 0 aliphatic carbocycles. The number of hydrogen-bond acceptors (Lipinski definition) is 6. The van der Waals surface area contributed by atoms with E-state index in [4.69, 9.17) is 9.47 Å². The average molecular weight is 387 g/mol. The third kappa shape index (κ3) is 4.00. The number of hydrogen-bond donors (Lipinski definition) is 2. The standard InChI is InChI=1S/C21H29N3O4/c1-2-3-16-13-17(23-22-16)21(26)24-8-6-14(7-9-24)20(25)15-4-5-18-19(12-15)28-11-10-27-18/h4-5,12,14,16-17,22-23H,2-3,6-11,13H2,1H3. The topological polar surface area (TPSA) is 79.9 Å². The van der Waals surface area contributed by atoms with E-state index in [9.17, 15) is 9.59 Å². The summed E-state index contributed by atoms with van der Waals surface area (Å²) in [5, 5.41) is 0. The number of likely N-dealkylation sites (tertiary alicyclic amines) is 1. The van der Waals surface area contributed by atoms with E-state index in [-0.39, 0.29) is 23.7 Å². The Morgan fingerprint density at radius 2 is 1.86 bits per heavy atom. The number of hydrazine groups is 1. The fourth-order valence-corrected chi connectivity index (χ4v) is 4.34. The lowest BCUT2D eigenvalue weighted by atomic mass is 9.88. The number of benzene rings is 1. The molecule has 2 N–H and O–H groups in total. The van der Waals surface area contributed by atoms with Crippen molar-refractivity contribution in [2.45, 2.75) is 51.1 Å². The number of ketones is 1. The van der Waals surface area contributed by atoms with E-state index in [1.54, 1.807) is 6.07 Å². The van der Waals surface area contributed by atoms with Gasteiger partial charge in [-0.2, -0.15) is 0 Å². The van der Waals surface area contributed by atoms with Gasteiger partial charge < -0.3 is 14.4 Å². The van der Waals surface area contributed by atoms with Crippen LogP contribution in [0.2, 0.25) is 0 Å². The fraction of sp³-hybridized carbons (Fsp3) is 0.619. The molecule has 152 valence electrons. The second-order valence-corrected chi connectivity index (χ2v) is 7.88. The van der Waals surface area contributed by atoms with Gasteiger partial charge in [-0.05, 0) is 43.9 Å². The first-order chi connectivity index (χ1) is 13.7. The van der Waals surface area contributed by atoms with Crippen molar-refractivity contribution >= 4 is 11.7 Å². The van der Waals surface area contributed by atoms with Crippen molar-refractivity contribution in [1.29, 1.82) is 0 Å². The minimum atomic E-state index is -0.151. The maximum atomic E-state index is 12.9. The van der Waals surface area contributed by atoms with Crippen LogP contribution >= 0.6 is 0 Å². The zero-order valence-corrected chi connectivity index (χ0v) is 16.4. The third-order valence-corrected chi connectivity index (χ3v) is 5.92. The first kappa shape index (κ1) is 19.2. The molecule has 2 atom stereocenters. The second-order valence-electron chi connectivity index (χ2n) is 7.88. The molecule has 0 bridgehead atoms. The summed E-state index contributed by atoms with van der Waals surface area (Å²) < 4.78 is 11.1. The normalized spacial score (nSPS) is 25.0. The van der Waals surface area contributed by atoms with Gasteiger partial charge in [-0.15, -0.1) is 0 Å². The summed E-state index contributed by atoms with van der Waals surface area (Å²) in [6.45, 7) is 4.47. The van der Waals surface area contributed by atoms with E-state index in [0.717, 1.165) is 19.3 Å². The summed E-state index contributed by atoms with van der Waals surface area (Å²) in [6.07, 6.45) is 4.42. The molecule has 2 unspecified atom stereocenters. The molecule has 3 aliphatic rings. The minimum Gasteiger partial charge on any atom is -0.486 e. The monoisotopic (exact) mass is 387 g/mol. The van der Waals surface area contributed by atoms with Gasteiger partial charge in [-0.3, -0.25) is 15.0 Å². The van der Waals surface area contributed by atoms with Crippen molar-refractivity contribution in [3.63, 3.8) is 0 Å². The molecule has 0 saturated carbocycles. The van der Waals surface area contributed by atoms with E-state index >= 15 is 0 Å². The molecule has 1 aromatic carbocycles. The van der Waals surface area contributed by atoms with Crippen molar-refractivity contribution in [1.82, 2.24) is 15.8 Å². The van der Waals surface area contributed by atoms with E-state index in [1.165, 1.54) is 0 Å². The highest BCUT2D eigenvalue weighted by Crippen LogP contribution is 2.32. The van der Waals surface area contributed by atoms with Crippen LogP contribution in [0, 0.1) is 5.92 Å². The smallest absolute Gasteiger partial charge is 0.241 e. The lowest BCUT2D eigenvalue weighted by Gasteiger charge is -2.33. The molecule has 1 aromatic rings. The van der Waals surface area contributed by atoms with Crippen LogP contribution in [0.25, 0.3) is 0 Å². The average Bonchev–Trinajstić information content (AvgIpc) is 3.21. The van der Waals surface area contributed by atoms with Gasteiger partial charge in [-0.1, -0.05) is 13.3 Å². The summed E-state index contributed by atoms with van der Waals surface area (Å²) in [5.74, 6) is 1.58. The molecule has 2 fully saturated rings. The van der Waals surface area contributed by atoms with Gasteiger partial charge in [0.05, 0.1) is 0 Å². The van der Waals surface area contributed by atoms with E-state index in [2.05, 4.69) is 17.8 Å². The van der Waals surface area contributed by atoms with Crippen molar-refractivity contribution in [3.05, 3.63) is 23.8 Å². The summed E-state index contributed by atoms with van der Waals surface area (Å²) in [7, 11) is 0. The maximum Gasteiger partial charge on any atom is 0.241 e. The molecule has 4 rings (SSSR count). The van der Waals surface area contributed by atoms with Gasteiger partial charge in [0.1, 0.15) is 19.3 Å². The lowest BCUT2D eigenvalue weighted by Crippen LogP contribution is -2.49. The number of ether oxygens (including phenoxy) is 2. The zero-order valence-electron chi connectivity index (χ0n) is 16.4. The fourth-order valence-electron chi connectivity index (χ4n) is 4.34. The molecule has 1 amide bonds. The third-order valence-electron chi connectivity index (χ3n) is 5.92. The predicted octanol–water partition coefficient (Wildman–Crippen LogP) is 1.91. The Balaban J connectivity index is 1.31. The number of amides is 1. The molecule has 0 aromatic heterocycles. The molecular formula is C21H29N3O4. The Labute approximate surface area is 165 Å². The molecular weight excluding hydrogens is 358 g/mol. The maximum absolute atomic E-state index is 12.9. The van der Waals surface area contributed by atoms with Gasteiger partial charge in [0.2, 0.25) is 5.91 Å². The molecule has 7 nitrogen and oxygen atoms in total. The Morgan fingerprint density at radius 3 is 2.61 bits per heavy atom. The van der Waals surface area contributed by atoms with Crippen LogP contribution in [0.3, 0.4) is 0 Å². The van der Waals surface area contributed by atoms with E-state index in [1.807, 2.05) is 17.0 Å². The van der Waals surface area contributed by atoms with Gasteiger partial charge in [0.25, 0.3) is 0 Å². The Morgan fingerprint density at radius 1 is 1.11 bits per heavy atom. The van der Waals surface area contributed by atoms with Crippen LogP contribution in [0.15, 0.2) is 18.2 Å². The Bertz CT molecular complexity index is 730. The van der Waals surface area contributed by atoms with Crippen LogP contribution in [0.1, 0.15) is 49.4 Å². The van der Waals surface area contributed by atoms with E-state index in [0.29, 0.717) is 62.2 Å². The van der Waals surface area contributed by atoms with Crippen LogP contribution in [-0.2, 0) is 4.79 Å². The van der Waals surface area contributed by atoms with Gasteiger partial charge >= 0.3 is 0 Å². The number of Topliss-reactive ketones (excluding diaryl/α,β-unsaturated/α-hetero) is 1. The molecule has 7 heteroatoms.